The highest BCUT2D eigenvalue weighted by Crippen LogP contribution is 2.35. The lowest BCUT2D eigenvalue weighted by Crippen LogP contribution is -2.07. The topological polar surface area (TPSA) is 59.4 Å². The molecule has 180 valence electrons. The number of carboxylic acids is 1. The number of aryl methyl sites for hydroxylation is 2. The van der Waals surface area contributed by atoms with Gasteiger partial charge in [0.05, 0.1) is 16.1 Å². The van der Waals surface area contributed by atoms with Crippen molar-refractivity contribution in [2.24, 2.45) is 0 Å². The van der Waals surface area contributed by atoms with E-state index in [1.54, 1.807) is 6.92 Å². The van der Waals surface area contributed by atoms with E-state index in [9.17, 15) is 22.4 Å². The summed E-state index contributed by atoms with van der Waals surface area (Å²) in [5.41, 5.74) is 2.59. The molecule has 0 aliphatic rings. The Bertz CT molecular complexity index is 1230. The van der Waals surface area contributed by atoms with E-state index in [4.69, 9.17) is 9.84 Å². The lowest BCUT2D eigenvalue weighted by molar-refractivity contribution is -0.140. The predicted molar refractivity (Wildman–Crippen MR) is 123 cm³/mol. The van der Waals surface area contributed by atoms with Gasteiger partial charge in [-0.1, -0.05) is 18.2 Å². The van der Waals surface area contributed by atoms with Crippen LogP contribution in [0, 0.1) is 26.6 Å². The third-order valence-electron chi connectivity index (χ3n) is 5.29. The van der Waals surface area contributed by atoms with E-state index in [0.717, 1.165) is 33.7 Å². The van der Waals surface area contributed by atoms with Crippen LogP contribution in [-0.2, 0) is 17.6 Å². The molecule has 0 fully saturated rings. The largest absolute Gasteiger partial charge is 0.488 e. The van der Waals surface area contributed by atoms with Crippen molar-refractivity contribution in [2.45, 2.75) is 46.4 Å². The first-order valence-electron chi connectivity index (χ1n) is 10.4. The van der Waals surface area contributed by atoms with E-state index in [1.807, 2.05) is 38.1 Å². The zero-order chi connectivity index (χ0) is 25.0. The van der Waals surface area contributed by atoms with Crippen molar-refractivity contribution in [3.05, 3.63) is 75.0 Å². The van der Waals surface area contributed by atoms with Crippen molar-refractivity contribution in [3.63, 3.8) is 0 Å². The molecule has 0 saturated carbocycles. The Labute approximate surface area is 198 Å². The Morgan fingerprint density at radius 1 is 1.18 bits per heavy atom. The lowest BCUT2D eigenvalue weighted by Gasteiger charge is -2.11. The number of benzene rings is 2. The maximum absolute atomic E-state index is 14.0. The van der Waals surface area contributed by atoms with Crippen molar-refractivity contribution in [1.29, 1.82) is 0 Å². The van der Waals surface area contributed by atoms with Gasteiger partial charge in [-0.05, 0) is 68.1 Å². The molecule has 0 aliphatic heterocycles. The summed E-state index contributed by atoms with van der Waals surface area (Å²) in [6.45, 7) is 5.87. The summed E-state index contributed by atoms with van der Waals surface area (Å²) in [7, 11) is 0. The van der Waals surface area contributed by atoms with Crippen LogP contribution >= 0.6 is 11.3 Å². The van der Waals surface area contributed by atoms with E-state index >= 15 is 0 Å². The number of thiazole rings is 1. The zero-order valence-corrected chi connectivity index (χ0v) is 19.6. The van der Waals surface area contributed by atoms with Crippen molar-refractivity contribution in [1.82, 2.24) is 4.98 Å². The average Bonchev–Trinajstić information content (AvgIpc) is 3.12. The van der Waals surface area contributed by atoms with Crippen molar-refractivity contribution < 1.29 is 32.2 Å². The minimum Gasteiger partial charge on any atom is -0.488 e. The molecule has 1 N–H and O–H groups in total. The van der Waals surface area contributed by atoms with Gasteiger partial charge in [0.15, 0.2) is 0 Å². The van der Waals surface area contributed by atoms with Gasteiger partial charge in [0.25, 0.3) is 0 Å². The SMILES string of the molecule is Cc1cc(OCc2sc(-c3ccc(C(F)(F)F)c(F)c3)nc2C)cc(/C=C\CCC(=O)O)c1C. The number of rotatable bonds is 8. The Balaban J connectivity index is 1.76. The second-order valence-electron chi connectivity index (χ2n) is 7.80. The van der Waals surface area contributed by atoms with Crippen molar-refractivity contribution >= 4 is 23.4 Å². The van der Waals surface area contributed by atoms with Gasteiger partial charge < -0.3 is 9.84 Å². The van der Waals surface area contributed by atoms with E-state index in [2.05, 4.69) is 4.98 Å². The van der Waals surface area contributed by atoms with Crippen LogP contribution in [0.15, 0.2) is 36.4 Å². The summed E-state index contributed by atoms with van der Waals surface area (Å²) in [5, 5.41) is 9.17. The zero-order valence-electron chi connectivity index (χ0n) is 18.8. The number of aromatic nitrogens is 1. The van der Waals surface area contributed by atoms with Crippen LogP contribution in [0.5, 0.6) is 5.75 Å². The van der Waals surface area contributed by atoms with Crippen LogP contribution in [0.4, 0.5) is 17.6 Å². The first kappa shape index (κ1) is 25.4. The molecule has 1 aromatic heterocycles. The monoisotopic (exact) mass is 493 g/mol. The van der Waals surface area contributed by atoms with Crippen LogP contribution in [0.2, 0.25) is 0 Å². The minimum atomic E-state index is -4.75. The number of carboxylic acid groups (broad SMARTS) is 1. The summed E-state index contributed by atoms with van der Waals surface area (Å²) in [4.78, 5) is 15.8. The summed E-state index contributed by atoms with van der Waals surface area (Å²) < 4.78 is 58.4. The molecular formula is C25H23F4NO3S. The number of allylic oxidation sites excluding steroid dienone is 1. The van der Waals surface area contributed by atoms with Crippen LogP contribution in [0.25, 0.3) is 16.6 Å². The van der Waals surface area contributed by atoms with Crippen LogP contribution in [0.1, 0.15) is 45.7 Å². The normalized spacial score (nSPS) is 11.9. The summed E-state index contributed by atoms with van der Waals surface area (Å²) in [5.74, 6) is -1.57. The van der Waals surface area contributed by atoms with Gasteiger partial charge in [-0.15, -0.1) is 11.3 Å². The van der Waals surface area contributed by atoms with Gasteiger partial charge in [0.2, 0.25) is 0 Å². The van der Waals surface area contributed by atoms with Gasteiger partial charge in [-0.25, -0.2) is 9.37 Å². The van der Waals surface area contributed by atoms with Crippen molar-refractivity contribution in [2.75, 3.05) is 0 Å². The highest BCUT2D eigenvalue weighted by molar-refractivity contribution is 7.15. The summed E-state index contributed by atoms with van der Waals surface area (Å²) >= 11 is 1.23. The molecule has 4 nitrogen and oxygen atoms in total. The highest BCUT2D eigenvalue weighted by atomic mass is 32.1. The number of halogens is 4. The fourth-order valence-electron chi connectivity index (χ4n) is 3.24. The molecule has 1 heterocycles. The number of nitrogens with zero attached hydrogens (tertiary/aromatic N) is 1. The smallest absolute Gasteiger partial charge is 0.419 e. The molecule has 0 bridgehead atoms. The molecule has 0 aliphatic carbocycles. The standard InChI is InChI=1S/C25H23F4NO3S/c1-14-10-19(11-17(15(14)2)6-4-5-7-23(31)32)33-13-22-16(3)30-24(34-22)18-8-9-20(21(26)12-18)25(27,28)29/h4,6,8-12H,5,7,13H2,1-3H3,(H,31,32)/b6-4-. The fourth-order valence-corrected chi connectivity index (χ4v) is 4.21. The quantitative estimate of drug-likeness (QED) is 0.333. The van der Waals surface area contributed by atoms with Crippen LogP contribution in [-0.4, -0.2) is 16.1 Å². The summed E-state index contributed by atoms with van der Waals surface area (Å²) in [6, 6.07) is 6.53. The van der Waals surface area contributed by atoms with E-state index in [-0.39, 0.29) is 18.6 Å². The van der Waals surface area contributed by atoms with Gasteiger partial charge in [0, 0.05) is 12.0 Å². The van der Waals surface area contributed by atoms with Gasteiger partial charge in [-0.2, -0.15) is 13.2 Å². The lowest BCUT2D eigenvalue weighted by atomic mass is 10.0. The Morgan fingerprint density at radius 2 is 1.91 bits per heavy atom. The second kappa shape index (κ2) is 10.4. The molecule has 3 rings (SSSR count). The van der Waals surface area contributed by atoms with Gasteiger partial charge in [-0.3, -0.25) is 4.79 Å². The average molecular weight is 494 g/mol. The van der Waals surface area contributed by atoms with Crippen LogP contribution < -0.4 is 4.74 Å². The number of hydrogen-bond donors (Lipinski definition) is 1. The maximum atomic E-state index is 14.0. The molecule has 0 amide bonds. The van der Waals surface area contributed by atoms with Gasteiger partial charge in [0.1, 0.15) is 23.2 Å². The summed E-state index contributed by atoms with van der Waals surface area (Å²) in [6.07, 6.45) is -0.598. The second-order valence-corrected chi connectivity index (χ2v) is 8.88. The molecule has 3 aromatic rings. The third-order valence-corrected chi connectivity index (χ3v) is 6.47. The molecule has 0 atom stereocenters. The minimum absolute atomic E-state index is 0.0561. The Kier molecular flexibility index (Phi) is 7.76. The van der Waals surface area contributed by atoms with E-state index in [1.165, 1.54) is 17.4 Å². The number of ether oxygens (including phenoxy) is 1. The highest BCUT2D eigenvalue weighted by Gasteiger charge is 2.34. The van der Waals surface area contributed by atoms with Crippen LogP contribution in [0.3, 0.4) is 0 Å². The molecule has 2 aromatic carbocycles. The Hall–Kier alpha value is -3.20. The van der Waals surface area contributed by atoms with Crippen molar-refractivity contribution in [3.8, 4) is 16.3 Å². The molecule has 0 radical (unpaired) electrons. The molecule has 0 spiro atoms. The number of carbonyl (C=O) groups is 1. The number of aliphatic carboxylic acids is 1. The van der Waals surface area contributed by atoms with E-state index in [0.29, 0.717) is 22.9 Å². The van der Waals surface area contributed by atoms with E-state index < -0.39 is 23.5 Å². The first-order valence-corrected chi connectivity index (χ1v) is 11.2. The molecule has 9 heteroatoms. The maximum Gasteiger partial charge on any atom is 0.419 e. The van der Waals surface area contributed by atoms with Gasteiger partial charge >= 0.3 is 12.1 Å². The third kappa shape index (κ3) is 6.22. The fraction of sp³-hybridized carbons (Fsp3) is 0.280. The molecule has 0 saturated heterocycles. The molecular weight excluding hydrogens is 470 g/mol. The predicted octanol–water partition coefficient (Wildman–Crippen LogP) is 7.35. The Morgan fingerprint density at radius 3 is 2.56 bits per heavy atom. The number of alkyl halides is 3. The first-order chi connectivity index (χ1) is 16.0. The molecule has 0 unspecified atom stereocenters. The molecule has 34 heavy (non-hydrogen) atoms. The number of hydrogen-bond acceptors (Lipinski definition) is 4.